The van der Waals surface area contributed by atoms with Gasteiger partial charge in [-0.1, -0.05) is 188 Å². The first kappa shape index (κ1) is 36.0. The van der Waals surface area contributed by atoms with Crippen molar-refractivity contribution in [3.63, 3.8) is 0 Å². The number of fused-ring (bicyclic) bond motifs is 3. The van der Waals surface area contributed by atoms with Crippen molar-refractivity contribution in [1.82, 2.24) is 9.97 Å². The molecule has 0 aliphatic heterocycles. The highest BCUT2D eigenvalue weighted by molar-refractivity contribution is 6.10. The van der Waals surface area contributed by atoms with Crippen molar-refractivity contribution < 1.29 is 4.42 Å². The molecule has 11 rings (SSSR count). The summed E-state index contributed by atoms with van der Waals surface area (Å²) in [4.78, 5) is 10.3. The van der Waals surface area contributed by atoms with E-state index in [2.05, 4.69) is 206 Å². The highest BCUT2D eigenvalue weighted by Crippen LogP contribution is 2.39. The predicted octanol–water partition coefficient (Wildman–Crippen LogP) is 15.7. The summed E-state index contributed by atoms with van der Waals surface area (Å²) < 4.78 is 6.38. The fourth-order valence-corrected chi connectivity index (χ4v) is 8.39. The van der Waals surface area contributed by atoms with Crippen LogP contribution in [0.25, 0.3) is 111 Å². The molecule has 0 bridgehead atoms. The minimum atomic E-state index is 0.577. The van der Waals surface area contributed by atoms with Crippen LogP contribution in [0.5, 0.6) is 0 Å². The monoisotopic (exact) mass is 778 g/mol. The first-order valence-electron chi connectivity index (χ1n) is 20.6. The lowest BCUT2D eigenvalue weighted by molar-refractivity contribution is 0.653. The quantitative estimate of drug-likeness (QED) is 0.154. The minimum absolute atomic E-state index is 0.577. The minimum Gasteiger partial charge on any atom is -0.438 e. The molecular formula is C58H38N2O. The van der Waals surface area contributed by atoms with E-state index >= 15 is 0 Å². The molecule has 0 atom stereocenters. The van der Waals surface area contributed by atoms with E-state index in [1.165, 1.54) is 38.9 Å². The third-order valence-electron chi connectivity index (χ3n) is 11.5. The molecule has 11 aromatic rings. The SMILES string of the molecule is c1ccc(-c2cc(-c3ccccc3)cc(-c3cccc(-c4cccc(-c5ccc(-c6nc(-c7cccc(-c8ccccc8)c7)c7c(n6)oc6ccccc67)cc5)c4)c3)c2)cc1. The molecule has 0 saturated heterocycles. The Balaban J connectivity index is 0.934. The maximum absolute atomic E-state index is 6.38. The van der Waals surface area contributed by atoms with Crippen LogP contribution in [0.3, 0.4) is 0 Å². The number of para-hydroxylation sites is 1. The van der Waals surface area contributed by atoms with E-state index in [9.17, 15) is 0 Å². The molecule has 3 heteroatoms. The van der Waals surface area contributed by atoms with Crippen LogP contribution < -0.4 is 0 Å². The van der Waals surface area contributed by atoms with E-state index in [0.717, 1.165) is 61.0 Å². The van der Waals surface area contributed by atoms with E-state index in [4.69, 9.17) is 14.4 Å². The van der Waals surface area contributed by atoms with Gasteiger partial charge in [-0.25, -0.2) is 4.98 Å². The first-order valence-corrected chi connectivity index (χ1v) is 20.6. The Hall–Kier alpha value is -8.14. The number of hydrogen-bond acceptors (Lipinski definition) is 3. The summed E-state index contributed by atoms with van der Waals surface area (Å²) >= 11 is 0. The van der Waals surface area contributed by atoms with Crippen molar-refractivity contribution in [1.29, 1.82) is 0 Å². The summed E-state index contributed by atoms with van der Waals surface area (Å²) in [7, 11) is 0. The second-order valence-electron chi connectivity index (χ2n) is 15.4. The maximum Gasteiger partial charge on any atom is 0.231 e. The Morgan fingerprint density at radius 3 is 1.18 bits per heavy atom. The van der Waals surface area contributed by atoms with Gasteiger partial charge in [0.2, 0.25) is 5.71 Å². The lowest BCUT2D eigenvalue weighted by atomic mass is 9.92. The molecule has 286 valence electrons. The standard InChI is InChI=1S/C58H38N2O/c1-4-15-39(16-5-1)45-22-14-26-49(35-45)56-55-53-27-10-11-28-54(53)61-58(55)60-57(59-56)43-31-29-42(30-32-43)44-21-12-23-46(33-44)47-24-13-25-48(34-47)52-37-50(40-17-6-2-7-18-40)36-51(38-52)41-19-8-3-9-20-41/h1-38H. The average Bonchev–Trinajstić information content (AvgIpc) is 3.73. The van der Waals surface area contributed by atoms with E-state index in [-0.39, 0.29) is 0 Å². The smallest absolute Gasteiger partial charge is 0.231 e. The van der Waals surface area contributed by atoms with E-state index < -0.39 is 0 Å². The average molecular weight is 779 g/mol. The number of aromatic nitrogens is 2. The number of benzene rings is 9. The topological polar surface area (TPSA) is 38.9 Å². The Morgan fingerprint density at radius 2 is 0.623 bits per heavy atom. The van der Waals surface area contributed by atoms with Gasteiger partial charge >= 0.3 is 0 Å². The van der Waals surface area contributed by atoms with Crippen LogP contribution >= 0.6 is 0 Å². The molecule has 0 aliphatic carbocycles. The number of rotatable bonds is 8. The van der Waals surface area contributed by atoms with Crippen LogP contribution in [0.4, 0.5) is 0 Å². The summed E-state index contributed by atoms with van der Waals surface area (Å²) in [6, 6.07) is 81.5. The second kappa shape index (κ2) is 15.6. The van der Waals surface area contributed by atoms with Crippen molar-refractivity contribution in [2.24, 2.45) is 0 Å². The first-order chi connectivity index (χ1) is 30.2. The van der Waals surface area contributed by atoms with Gasteiger partial charge in [0, 0.05) is 16.5 Å². The zero-order chi connectivity index (χ0) is 40.5. The fourth-order valence-electron chi connectivity index (χ4n) is 8.39. The molecule has 0 aliphatic rings. The largest absolute Gasteiger partial charge is 0.438 e. The Morgan fingerprint density at radius 1 is 0.262 bits per heavy atom. The van der Waals surface area contributed by atoms with Gasteiger partial charge in [0.15, 0.2) is 5.82 Å². The highest BCUT2D eigenvalue weighted by Gasteiger charge is 2.19. The van der Waals surface area contributed by atoms with Gasteiger partial charge in [0.05, 0.1) is 11.1 Å². The van der Waals surface area contributed by atoms with Crippen molar-refractivity contribution >= 4 is 22.1 Å². The highest BCUT2D eigenvalue weighted by atomic mass is 16.3. The molecule has 0 saturated carbocycles. The van der Waals surface area contributed by atoms with Gasteiger partial charge in [-0.2, -0.15) is 4.98 Å². The second-order valence-corrected chi connectivity index (χ2v) is 15.4. The molecule has 9 aromatic carbocycles. The molecule has 0 N–H and O–H groups in total. The van der Waals surface area contributed by atoms with Crippen LogP contribution in [0.15, 0.2) is 235 Å². The third kappa shape index (κ3) is 7.09. The van der Waals surface area contributed by atoms with Gasteiger partial charge in [-0.15, -0.1) is 0 Å². The van der Waals surface area contributed by atoms with Crippen molar-refractivity contribution in [3.8, 4) is 89.4 Å². The third-order valence-corrected chi connectivity index (χ3v) is 11.5. The van der Waals surface area contributed by atoms with Gasteiger partial charge in [0.1, 0.15) is 5.58 Å². The molecule has 61 heavy (non-hydrogen) atoms. The summed E-state index contributed by atoms with van der Waals surface area (Å²) in [6.07, 6.45) is 0. The van der Waals surface area contributed by atoms with E-state index in [1.54, 1.807) is 0 Å². The van der Waals surface area contributed by atoms with Gasteiger partial charge in [-0.3, -0.25) is 0 Å². The summed E-state index contributed by atoms with van der Waals surface area (Å²) in [5.41, 5.74) is 18.2. The van der Waals surface area contributed by atoms with E-state index in [1.807, 2.05) is 24.3 Å². The lowest BCUT2D eigenvalue weighted by Crippen LogP contribution is -1.94. The molecule has 0 fully saturated rings. The molecule has 0 unspecified atom stereocenters. The Labute approximate surface area is 354 Å². The van der Waals surface area contributed by atoms with Crippen LogP contribution in [0.1, 0.15) is 0 Å². The predicted molar refractivity (Wildman–Crippen MR) is 253 cm³/mol. The number of furan rings is 1. The zero-order valence-electron chi connectivity index (χ0n) is 33.2. The Kier molecular flexibility index (Phi) is 9.18. The van der Waals surface area contributed by atoms with Gasteiger partial charge in [-0.05, 0) is 109 Å². The van der Waals surface area contributed by atoms with Crippen molar-refractivity contribution in [3.05, 3.63) is 231 Å². The molecule has 3 nitrogen and oxygen atoms in total. The lowest BCUT2D eigenvalue weighted by Gasteiger charge is -2.13. The van der Waals surface area contributed by atoms with Crippen LogP contribution in [0, 0.1) is 0 Å². The molecular weight excluding hydrogens is 741 g/mol. The Bertz CT molecular complexity index is 3280. The normalized spacial score (nSPS) is 11.3. The molecule has 0 spiro atoms. The van der Waals surface area contributed by atoms with Crippen LogP contribution in [-0.4, -0.2) is 9.97 Å². The molecule has 0 amide bonds. The maximum atomic E-state index is 6.38. The summed E-state index contributed by atoms with van der Waals surface area (Å²) in [6.45, 7) is 0. The van der Waals surface area contributed by atoms with Crippen molar-refractivity contribution in [2.45, 2.75) is 0 Å². The van der Waals surface area contributed by atoms with E-state index in [0.29, 0.717) is 11.5 Å². The molecule has 2 heterocycles. The number of hydrogen-bond donors (Lipinski definition) is 0. The van der Waals surface area contributed by atoms with Gasteiger partial charge in [0.25, 0.3) is 0 Å². The molecule has 0 radical (unpaired) electrons. The zero-order valence-corrected chi connectivity index (χ0v) is 33.2. The number of nitrogens with zero attached hydrogens (tertiary/aromatic N) is 2. The van der Waals surface area contributed by atoms with Crippen molar-refractivity contribution in [2.75, 3.05) is 0 Å². The van der Waals surface area contributed by atoms with Crippen LogP contribution in [-0.2, 0) is 0 Å². The summed E-state index contributed by atoms with van der Waals surface area (Å²) in [5, 5.41) is 1.92. The molecule has 2 aromatic heterocycles. The van der Waals surface area contributed by atoms with Crippen LogP contribution in [0.2, 0.25) is 0 Å². The van der Waals surface area contributed by atoms with Gasteiger partial charge < -0.3 is 4.42 Å². The fraction of sp³-hybridized carbons (Fsp3) is 0. The summed E-state index contributed by atoms with van der Waals surface area (Å²) in [5.74, 6) is 0.621.